The minimum atomic E-state index is 0.888. The van der Waals surface area contributed by atoms with Crippen molar-refractivity contribution in [1.29, 1.82) is 0 Å². The molecule has 0 unspecified atom stereocenters. The summed E-state index contributed by atoms with van der Waals surface area (Å²) >= 11 is 0. The highest BCUT2D eigenvalue weighted by atomic mass is 16.3. The molecule has 0 N–H and O–H groups in total. The molecule has 0 aliphatic heterocycles. The number of aromatic nitrogens is 1. The second-order valence-corrected chi connectivity index (χ2v) is 12.1. The maximum absolute atomic E-state index is 6.54. The number of furan rings is 2. The molecule has 3 heterocycles. The van der Waals surface area contributed by atoms with Crippen LogP contribution in [0.15, 0.2) is 154 Å². The fraction of sp³-hybridized carbons (Fsp3) is 0. The molecule has 0 spiro atoms. The van der Waals surface area contributed by atoms with E-state index in [0.29, 0.717) is 0 Å². The van der Waals surface area contributed by atoms with Gasteiger partial charge in [0, 0.05) is 55.1 Å². The first-order valence-corrected chi connectivity index (χ1v) is 15.6. The third kappa shape index (κ3) is 3.03. The van der Waals surface area contributed by atoms with E-state index in [0.717, 1.165) is 72.1 Å². The summed E-state index contributed by atoms with van der Waals surface area (Å²) in [7, 11) is 0. The maximum atomic E-state index is 6.54. The van der Waals surface area contributed by atoms with Crippen LogP contribution in [0.4, 0.5) is 17.1 Å². The highest BCUT2D eigenvalue weighted by Gasteiger charge is 2.25. The highest BCUT2D eigenvalue weighted by Crippen LogP contribution is 2.49. The Bertz CT molecular complexity index is 2850. The zero-order valence-electron chi connectivity index (χ0n) is 24.6. The van der Waals surface area contributed by atoms with Crippen LogP contribution in [-0.2, 0) is 0 Å². The molecule has 4 heteroatoms. The summed E-state index contributed by atoms with van der Waals surface area (Å²) in [6.45, 7) is 0. The van der Waals surface area contributed by atoms with Gasteiger partial charge in [-0.1, -0.05) is 60.7 Å². The normalized spacial score (nSPS) is 12.3. The summed E-state index contributed by atoms with van der Waals surface area (Å²) < 4.78 is 15.4. The van der Waals surface area contributed by atoms with Crippen molar-refractivity contribution < 1.29 is 8.83 Å². The number of nitrogens with zero attached hydrogens (tertiary/aromatic N) is 2. The van der Waals surface area contributed by atoms with Crippen LogP contribution in [0.1, 0.15) is 0 Å². The van der Waals surface area contributed by atoms with Gasteiger partial charge in [-0.15, -0.1) is 0 Å². The molecule has 0 bridgehead atoms. The van der Waals surface area contributed by atoms with E-state index in [2.05, 4.69) is 149 Å². The Kier molecular flexibility index (Phi) is 4.55. The molecular formula is C42H24N2O2. The van der Waals surface area contributed by atoms with E-state index in [-0.39, 0.29) is 0 Å². The number of hydrogen-bond donors (Lipinski definition) is 0. The lowest BCUT2D eigenvalue weighted by atomic mass is 9.95. The summed E-state index contributed by atoms with van der Waals surface area (Å²) in [6, 6.07) is 51.5. The zero-order valence-corrected chi connectivity index (χ0v) is 24.6. The van der Waals surface area contributed by atoms with Crippen LogP contribution in [0.2, 0.25) is 0 Å². The van der Waals surface area contributed by atoms with Gasteiger partial charge in [0.2, 0.25) is 0 Å². The van der Waals surface area contributed by atoms with Gasteiger partial charge in [0.25, 0.3) is 0 Å². The number of benzene rings is 7. The third-order valence-corrected chi connectivity index (χ3v) is 9.70. The van der Waals surface area contributed by atoms with Crippen molar-refractivity contribution >= 4 is 93.5 Å². The Hall–Kier alpha value is -6.26. The molecule has 8 aromatic carbocycles. The monoisotopic (exact) mass is 588 g/mol. The van der Waals surface area contributed by atoms with E-state index < -0.39 is 0 Å². The minimum Gasteiger partial charge on any atom is -0.456 e. The van der Waals surface area contributed by atoms with E-state index in [1.54, 1.807) is 0 Å². The van der Waals surface area contributed by atoms with Crippen LogP contribution < -0.4 is 4.90 Å². The minimum absolute atomic E-state index is 0.888. The number of anilines is 3. The lowest BCUT2D eigenvalue weighted by Gasteiger charge is -2.25. The number of rotatable bonds is 4. The van der Waals surface area contributed by atoms with E-state index in [4.69, 9.17) is 8.83 Å². The molecule has 11 rings (SSSR count). The lowest BCUT2D eigenvalue weighted by Crippen LogP contribution is -2.09. The molecule has 46 heavy (non-hydrogen) atoms. The third-order valence-electron chi connectivity index (χ3n) is 9.70. The summed E-state index contributed by atoms with van der Waals surface area (Å²) in [4.78, 5) is 2.30. The zero-order chi connectivity index (χ0) is 29.9. The number of hydrogen-bond acceptors (Lipinski definition) is 3. The predicted molar refractivity (Wildman–Crippen MR) is 190 cm³/mol. The molecule has 214 valence electrons. The standard InChI is InChI=1S/C42H24N2O2/c1-3-9-25(10-4-1)43(26-11-5-2-6-12-26)27-17-19-28(20-18-27)44-31-15-7-13-29-30-14-8-16-33-38(30)40-35(45-33)23-24-36-42(40)41-34(46-36)22-21-32(44)39(41)37(29)31/h1-24H. The molecule has 0 radical (unpaired) electrons. The molecule has 11 aromatic rings. The van der Waals surface area contributed by atoms with Crippen LogP contribution in [0, 0.1) is 0 Å². The Morgan fingerprint density at radius 3 is 1.52 bits per heavy atom. The molecule has 0 saturated carbocycles. The highest BCUT2D eigenvalue weighted by molar-refractivity contribution is 6.41. The molecular weight excluding hydrogens is 564 g/mol. The summed E-state index contributed by atoms with van der Waals surface area (Å²) in [5, 5.41) is 9.43. The number of fused-ring (bicyclic) bond motifs is 1. The first-order chi connectivity index (χ1) is 22.8. The van der Waals surface area contributed by atoms with E-state index in [9.17, 15) is 0 Å². The van der Waals surface area contributed by atoms with Crippen LogP contribution in [-0.4, -0.2) is 4.57 Å². The fourth-order valence-corrected chi connectivity index (χ4v) is 7.89. The molecule has 0 amide bonds. The molecule has 3 aromatic heterocycles. The van der Waals surface area contributed by atoms with Gasteiger partial charge in [-0.3, -0.25) is 0 Å². The Morgan fingerprint density at radius 2 is 0.848 bits per heavy atom. The first kappa shape index (κ1) is 24.1. The van der Waals surface area contributed by atoms with Crippen LogP contribution in [0.5, 0.6) is 0 Å². The van der Waals surface area contributed by atoms with Crippen molar-refractivity contribution in [3.8, 4) is 5.69 Å². The SMILES string of the molecule is c1ccc(N(c2ccccc2)c2ccc(-n3c4cccc5c6cccc7oc8ccc9oc%10ccc3c(c%10c9c8c76)c54)cc2)cc1. The second-order valence-electron chi connectivity index (χ2n) is 12.1. The van der Waals surface area contributed by atoms with Crippen LogP contribution >= 0.6 is 0 Å². The van der Waals surface area contributed by atoms with Gasteiger partial charge < -0.3 is 18.3 Å². The van der Waals surface area contributed by atoms with Crippen molar-refractivity contribution in [2.24, 2.45) is 0 Å². The molecule has 0 aliphatic rings. The first-order valence-electron chi connectivity index (χ1n) is 15.6. The van der Waals surface area contributed by atoms with Crippen molar-refractivity contribution in [2.45, 2.75) is 0 Å². The lowest BCUT2D eigenvalue weighted by molar-refractivity contribution is 0.663. The molecule has 4 nitrogen and oxygen atoms in total. The van der Waals surface area contributed by atoms with E-state index in [1.807, 2.05) is 6.07 Å². The van der Waals surface area contributed by atoms with Crippen LogP contribution in [0.25, 0.3) is 82.1 Å². The van der Waals surface area contributed by atoms with Gasteiger partial charge in [-0.25, -0.2) is 0 Å². The van der Waals surface area contributed by atoms with Gasteiger partial charge in [-0.2, -0.15) is 0 Å². The van der Waals surface area contributed by atoms with Gasteiger partial charge in [0.05, 0.1) is 11.0 Å². The molecule has 0 atom stereocenters. The average Bonchev–Trinajstić information content (AvgIpc) is 3.78. The van der Waals surface area contributed by atoms with Gasteiger partial charge >= 0.3 is 0 Å². The maximum Gasteiger partial charge on any atom is 0.136 e. The Balaban J connectivity index is 1.23. The quantitative estimate of drug-likeness (QED) is 0.205. The van der Waals surface area contributed by atoms with Crippen molar-refractivity contribution in [1.82, 2.24) is 4.57 Å². The fourth-order valence-electron chi connectivity index (χ4n) is 7.89. The Labute approximate surface area is 262 Å². The van der Waals surface area contributed by atoms with Gasteiger partial charge in [0.15, 0.2) is 0 Å². The summed E-state index contributed by atoms with van der Waals surface area (Å²) in [6.07, 6.45) is 0. The largest absolute Gasteiger partial charge is 0.456 e. The van der Waals surface area contributed by atoms with Crippen molar-refractivity contribution in [3.63, 3.8) is 0 Å². The second kappa shape index (κ2) is 8.68. The predicted octanol–water partition coefficient (Wildman–Crippen LogP) is 12.1. The summed E-state index contributed by atoms with van der Waals surface area (Å²) in [5.74, 6) is 0. The van der Waals surface area contributed by atoms with Crippen molar-refractivity contribution in [2.75, 3.05) is 4.90 Å². The summed E-state index contributed by atoms with van der Waals surface area (Å²) in [5.41, 5.74) is 10.4. The van der Waals surface area contributed by atoms with Crippen molar-refractivity contribution in [3.05, 3.63) is 146 Å². The van der Waals surface area contributed by atoms with E-state index in [1.165, 1.54) is 27.1 Å². The average molecular weight is 589 g/mol. The smallest absolute Gasteiger partial charge is 0.136 e. The molecule has 0 saturated heterocycles. The van der Waals surface area contributed by atoms with Gasteiger partial charge in [-0.05, 0) is 95.7 Å². The molecule has 0 aliphatic carbocycles. The topological polar surface area (TPSA) is 34.5 Å². The Morgan fingerprint density at radius 1 is 0.348 bits per heavy atom. The molecule has 0 fully saturated rings. The van der Waals surface area contributed by atoms with E-state index >= 15 is 0 Å². The number of para-hydroxylation sites is 2. The van der Waals surface area contributed by atoms with Gasteiger partial charge in [0.1, 0.15) is 22.3 Å². The van der Waals surface area contributed by atoms with Crippen LogP contribution in [0.3, 0.4) is 0 Å².